The van der Waals surface area contributed by atoms with Gasteiger partial charge in [0, 0.05) is 16.8 Å². The summed E-state index contributed by atoms with van der Waals surface area (Å²) in [6, 6.07) is 24.0. The zero-order valence-corrected chi connectivity index (χ0v) is 12.4. The predicted octanol–water partition coefficient (Wildman–Crippen LogP) is 4.78. The summed E-state index contributed by atoms with van der Waals surface area (Å²) in [5.41, 5.74) is 13.2. The minimum Gasteiger partial charge on any atom is -0.398 e. The van der Waals surface area contributed by atoms with E-state index in [-0.39, 0.29) is 0 Å². The molecule has 0 atom stereocenters. The Kier molecular flexibility index (Phi) is 3.64. The molecule has 3 aromatic carbocycles. The highest BCUT2D eigenvalue weighted by Gasteiger charge is 2.08. The van der Waals surface area contributed by atoms with Gasteiger partial charge in [0.15, 0.2) is 0 Å². The predicted molar refractivity (Wildman–Crippen MR) is 91.2 cm³/mol. The van der Waals surface area contributed by atoms with Crippen LogP contribution < -0.4 is 5.73 Å². The van der Waals surface area contributed by atoms with E-state index in [1.54, 1.807) is 0 Å². The molecule has 0 saturated carbocycles. The summed E-state index contributed by atoms with van der Waals surface area (Å²) in [5.74, 6) is 0. The molecule has 0 amide bonds. The first-order valence-corrected chi connectivity index (χ1v) is 7.15. The largest absolute Gasteiger partial charge is 0.398 e. The maximum absolute atomic E-state index is 8.89. The number of para-hydroxylation sites is 1. The van der Waals surface area contributed by atoms with Crippen LogP contribution in [0, 0.1) is 18.3 Å². The third kappa shape index (κ3) is 2.57. The van der Waals surface area contributed by atoms with Crippen LogP contribution in [0.2, 0.25) is 0 Å². The lowest BCUT2D eigenvalue weighted by atomic mass is 9.95. The molecule has 3 rings (SSSR count). The van der Waals surface area contributed by atoms with E-state index >= 15 is 0 Å². The second-order valence-electron chi connectivity index (χ2n) is 5.32. The van der Waals surface area contributed by atoms with E-state index in [4.69, 9.17) is 11.0 Å². The highest BCUT2D eigenvalue weighted by atomic mass is 14.6. The molecule has 0 fully saturated rings. The number of nitrogens with zero attached hydrogens (tertiary/aromatic N) is 1. The van der Waals surface area contributed by atoms with E-state index in [0.717, 1.165) is 27.9 Å². The highest BCUT2D eigenvalue weighted by Crippen LogP contribution is 2.34. The van der Waals surface area contributed by atoms with Crippen LogP contribution >= 0.6 is 0 Å². The van der Waals surface area contributed by atoms with E-state index in [0.29, 0.717) is 5.56 Å². The first-order valence-electron chi connectivity index (χ1n) is 7.15. The van der Waals surface area contributed by atoms with Crippen molar-refractivity contribution in [1.29, 1.82) is 5.26 Å². The van der Waals surface area contributed by atoms with Gasteiger partial charge < -0.3 is 5.73 Å². The summed E-state index contributed by atoms with van der Waals surface area (Å²) in [5, 5.41) is 8.89. The van der Waals surface area contributed by atoms with Gasteiger partial charge in [-0.3, -0.25) is 0 Å². The average molecular weight is 284 g/mol. The van der Waals surface area contributed by atoms with Crippen LogP contribution in [0.4, 0.5) is 5.69 Å². The Balaban J connectivity index is 2.08. The maximum Gasteiger partial charge on any atom is 0.0991 e. The number of rotatable bonds is 2. The molecule has 0 saturated heterocycles. The molecule has 2 nitrogen and oxygen atoms in total. The minimum atomic E-state index is 0.650. The Labute approximate surface area is 130 Å². The third-order valence-electron chi connectivity index (χ3n) is 3.79. The van der Waals surface area contributed by atoms with Crippen LogP contribution in [0.15, 0.2) is 66.7 Å². The number of aryl methyl sites for hydroxylation is 1. The SMILES string of the molecule is Cc1ccc(-c2cccc(-c3ccc(C#N)cc3)c2N)cc1. The fraction of sp³-hybridized carbons (Fsp3) is 0.0500. The van der Waals surface area contributed by atoms with E-state index in [1.807, 2.05) is 42.5 Å². The molecular formula is C20H16N2. The van der Waals surface area contributed by atoms with Crippen molar-refractivity contribution in [2.24, 2.45) is 0 Å². The molecule has 0 aromatic heterocycles. The number of nitrogens with two attached hydrogens (primary N) is 1. The normalized spacial score (nSPS) is 10.2. The summed E-state index contributed by atoms with van der Waals surface area (Å²) < 4.78 is 0. The first-order chi connectivity index (χ1) is 10.7. The smallest absolute Gasteiger partial charge is 0.0991 e. The lowest BCUT2D eigenvalue weighted by molar-refractivity contribution is 1.47. The number of hydrogen-bond acceptors (Lipinski definition) is 2. The average Bonchev–Trinajstić information content (AvgIpc) is 2.56. The standard InChI is InChI=1S/C20H16N2/c1-14-5-9-16(10-6-14)18-3-2-4-19(20(18)22)17-11-7-15(13-21)8-12-17/h2-12H,22H2,1H3. The topological polar surface area (TPSA) is 49.8 Å². The second-order valence-corrected chi connectivity index (χ2v) is 5.32. The van der Waals surface area contributed by atoms with Crippen LogP contribution in [-0.4, -0.2) is 0 Å². The molecule has 0 heterocycles. The Morgan fingerprint density at radius 1 is 0.773 bits per heavy atom. The van der Waals surface area contributed by atoms with Crippen LogP contribution in [0.1, 0.15) is 11.1 Å². The Morgan fingerprint density at radius 3 is 1.77 bits per heavy atom. The van der Waals surface area contributed by atoms with Crippen molar-refractivity contribution < 1.29 is 0 Å². The lowest BCUT2D eigenvalue weighted by Crippen LogP contribution is -1.94. The summed E-state index contributed by atoms with van der Waals surface area (Å²) in [4.78, 5) is 0. The highest BCUT2D eigenvalue weighted by molar-refractivity contribution is 5.88. The van der Waals surface area contributed by atoms with Gasteiger partial charge in [-0.1, -0.05) is 60.2 Å². The minimum absolute atomic E-state index is 0.650. The molecule has 0 bridgehead atoms. The van der Waals surface area contributed by atoms with Gasteiger partial charge in [-0.2, -0.15) is 5.26 Å². The van der Waals surface area contributed by atoms with Crippen molar-refractivity contribution in [2.75, 3.05) is 5.73 Å². The van der Waals surface area contributed by atoms with Gasteiger partial charge in [0.25, 0.3) is 0 Å². The van der Waals surface area contributed by atoms with E-state index in [1.165, 1.54) is 5.56 Å². The van der Waals surface area contributed by atoms with E-state index in [9.17, 15) is 0 Å². The number of benzene rings is 3. The van der Waals surface area contributed by atoms with Crippen LogP contribution in [-0.2, 0) is 0 Å². The van der Waals surface area contributed by atoms with Gasteiger partial charge >= 0.3 is 0 Å². The summed E-state index contributed by atoms with van der Waals surface area (Å²) in [7, 11) is 0. The second kappa shape index (κ2) is 5.75. The number of anilines is 1. The third-order valence-corrected chi connectivity index (χ3v) is 3.79. The maximum atomic E-state index is 8.89. The zero-order valence-electron chi connectivity index (χ0n) is 12.4. The van der Waals surface area contributed by atoms with Gasteiger partial charge in [-0.25, -0.2) is 0 Å². The van der Waals surface area contributed by atoms with Crippen LogP contribution in [0.3, 0.4) is 0 Å². The quantitative estimate of drug-likeness (QED) is 0.688. The number of nitrogen functional groups attached to an aromatic ring is 1. The molecule has 0 aliphatic rings. The van der Waals surface area contributed by atoms with Crippen molar-refractivity contribution in [2.45, 2.75) is 6.92 Å². The fourth-order valence-electron chi connectivity index (χ4n) is 2.53. The van der Waals surface area contributed by atoms with Crippen molar-refractivity contribution in [3.63, 3.8) is 0 Å². The molecule has 2 heteroatoms. The van der Waals surface area contributed by atoms with Crippen LogP contribution in [0.5, 0.6) is 0 Å². The van der Waals surface area contributed by atoms with E-state index < -0.39 is 0 Å². The van der Waals surface area contributed by atoms with Gasteiger partial charge in [-0.05, 0) is 30.2 Å². The van der Waals surface area contributed by atoms with Crippen molar-refractivity contribution in [3.05, 3.63) is 77.9 Å². The molecule has 0 aliphatic heterocycles. The molecule has 0 spiro atoms. The molecule has 2 N–H and O–H groups in total. The number of nitriles is 1. The molecule has 0 radical (unpaired) electrons. The lowest BCUT2D eigenvalue weighted by Gasteiger charge is -2.12. The number of hydrogen-bond donors (Lipinski definition) is 1. The van der Waals surface area contributed by atoms with Gasteiger partial charge in [0.1, 0.15) is 0 Å². The van der Waals surface area contributed by atoms with Crippen molar-refractivity contribution >= 4 is 5.69 Å². The van der Waals surface area contributed by atoms with Crippen LogP contribution in [0.25, 0.3) is 22.3 Å². The molecule has 22 heavy (non-hydrogen) atoms. The monoisotopic (exact) mass is 284 g/mol. The first kappa shape index (κ1) is 13.9. The Bertz CT molecular complexity index is 838. The van der Waals surface area contributed by atoms with Gasteiger partial charge in [-0.15, -0.1) is 0 Å². The summed E-state index contributed by atoms with van der Waals surface area (Å²) in [6.45, 7) is 2.07. The van der Waals surface area contributed by atoms with Crippen molar-refractivity contribution in [3.8, 4) is 28.3 Å². The van der Waals surface area contributed by atoms with E-state index in [2.05, 4.69) is 37.3 Å². The Morgan fingerprint density at radius 2 is 1.27 bits per heavy atom. The summed E-state index contributed by atoms with van der Waals surface area (Å²) >= 11 is 0. The molecule has 106 valence electrons. The Hall–Kier alpha value is -3.05. The van der Waals surface area contributed by atoms with Gasteiger partial charge in [0.05, 0.1) is 11.6 Å². The molecule has 0 unspecified atom stereocenters. The van der Waals surface area contributed by atoms with Crippen molar-refractivity contribution in [1.82, 2.24) is 0 Å². The molecular weight excluding hydrogens is 268 g/mol. The van der Waals surface area contributed by atoms with Gasteiger partial charge in [0.2, 0.25) is 0 Å². The molecule has 3 aromatic rings. The summed E-state index contributed by atoms with van der Waals surface area (Å²) in [6.07, 6.45) is 0. The zero-order chi connectivity index (χ0) is 15.5. The molecule has 0 aliphatic carbocycles. The fourth-order valence-corrected chi connectivity index (χ4v) is 2.53.